The molecule has 2 aliphatic heterocycles. The first-order chi connectivity index (χ1) is 28.1. The fourth-order valence-corrected chi connectivity index (χ4v) is 11.3. The van der Waals surface area contributed by atoms with Crippen LogP contribution >= 0.6 is 11.8 Å². The summed E-state index contributed by atoms with van der Waals surface area (Å²) in [7, 11) is -12.7. The highest BCUT2D eigenvalue weighted by molar-refractivity contribution is 8.03. The van der Waals surface area contributed by atoms with Gasteiger partial charge in [0.25, 0.3) is 30.4 Å². The second kappa shape index (κ2) is 17.9. The molecule has 15 heteroatoms. The predicted octanol–water partition coefficient (Wildman–Crippen LogP) is 9.35. The lowest BCUT2D eigenvalue weighted by molar-refractivity contribution is -0.438. The van der Waals surface area contributed by atoms with E-state index in [2.05, 4.69) is 84.9 Å². The van der Waals surface area contributed by atoms with E-state index in [0.29, 0.717) is 37.9 Å². The molecule has 0 unspecified atom stereocenters. The highest BCUT2D eigenvalue weighted by Crippen LogP contribution is 2.49. The van der Waals surface area contributed by atoms with E-state index in [1.165, 1.54) is 23.3 Å². The lowest BCUT2D eigenvalue weighted by atomic mass is 9.81. The maximum Gasteiger partial charge on any atom is 0.294 e. The third-order valence-corrected chi connectivity index (χ3v) is 15.3. The Morgan fingerprint density at radius 2 is 1.43 bits per heavy atom. The molecule has 3 aromatic carbocycles. The Labute approximate surface area is 359 Å². The first-order valence-electron chi connectivity index (χ1n) is 20.2. The van der Waals surface area contributed by atoms with Gasteiger partial charge in [-0.25, -0.2) is 0 Å². The van der Waals surface area contributed by atoms with Gasteiger partial charge >= 0.3 is 0 Å². The number of anilines is 1. The smallest absolute Gasteiger partial charge is 0.294 e. The number of thioether (sulfide) groups is 1. The van der Waals surface area contributed by atoms with Crippen LogP contribution in [0.2, 0.25) is 0 Å². The van der Waals surface area contributed by atoms with E-state index in [0.717, 1.165) is 63.0 Å². The van der Waals surface area contributed by atoms with Crippen LogP contribution in [0.1, 0.15) is 89.3 Å². The minimum atomic E-state index is -4.47. The molecule has 3 aliphatic rings. The number of hydrogen-bond acceptors (Lipinski definition) is 8. The molecule has 0 atom stereocenters. The monoisotopic (exact) mass is 895 g/mol. The standard InChI is InChI=1S/C45H54N2O9S4/c1-32-18-22-39-37(30-32)44(2,3)41(46(39)26-9-11-28-58(48,49)50)24-19-33-14-13-15-34(43(33)57-35-16-7-6-8-17-35)20-25-42-45(4,5)38-31-36(60(54,55)56)21-23-40(38)47(42)27-10-12-29-59(51,52)53/h6-8,16-25,30-31H,9-15,26-29H2,1-5H3,(H2-,48,49,50,51,52,53,54,55,56)/p+1. The van der Waals surface area contributed by atoms with Gasteiger partial charge in [0.05, 0.1) is 21.8 Å². The Hall–Kier alpha value is -3.83. The molecular formula is C45H55N2O9S4+. The van der Waals surface area contributed by atoms with Gasteiger partial charge in [-0.2, -0.15) is 29.8 Å². The van der Waals surface area contributed by atoms with Crippen molar-refractivity contribution in [2.45, 2.75) is 100 Å². The number of aryl methyl sites for hydroxylation is 1. The molecule has 3 N–H and O–H groups in total. The molecule has 2 heterocycles. The average Bonchev–Trinajstić information content (AvgIpc) is 3.50. The summed E-state index contributed by atoms with van der Waals surface area (Å²) < 4.78 is 101. The molecule has 0 fully saturated rings. The van der Waals surface area contributed by atoms with E-state index in [4.69, 9.17) is 0 Å². The largest absolute Gasteiger partial charge is 0.344 e. The fraction of sp³-hybridized carbons (Fsp3) is 0.400. The molecule has 0 aromatic heterocycles. The summed E-state index contributed by atoms with van der Waals surface area (Å²) in [6, 6.07) is 21.2. The zero-order valence-corrected chi connectivity index (χ0v) is 38.0. The van der Waals surface area contributed by atoms with Crippen molar-refractivity contribution in [2.24, 2.45) is 0 Å². The Morgan fingerprint density at radius 1 is 0.750 bits per heavy atom. The van der Waals surface area contributed by atoms with Crippen molar-refractivity contribution in [1.29, 1.82) is 0 Å². The molecule has 0 bridgehead atoms. The van der Waals surface area contributed by atoms with Crippen LogP contribution in [0.15, 0.2) is 123 Å². The SMILES string of the molecule is Cc1ccc2c(c1)C(C)(C)C(=CC=C1CCCC(C=CC3=[N+](CCCCS(=O)(=O)O)c4ccc(S(=O)(=O)O)cc4C3(C)C)=C1Sc1ccccc1)N2CCCCS(=O)(=O)O. The van der Waals surface area contributed by atoms with Gasteiger partial charge in [0, 0.05) is 57.3 Å². The van der Waals surface area contributed by atoms with Gasteiger partial charge in [-0.3, -0.25) is 13.7 Å². The molecule has 0 radical (unpaired) electrons. The maximum absolute atomic E-state index is 12.2. The molecule has 0 spiro atoms. The van der Waals surface area contributed by atoms with Crippen LogP contribution in [0.4, 0.5) is 11.4 Å². The summed E-state index contributed by atoms with van der Waals surface area (Å²) in [5.41, 5.74) is 8.20. The average molecular weight is 896 g/mol. The Kier molecular flexibility index (Phi) is 13.6. The predicted molar refractivity (Wildman–Crippen MR) is 240 cm³/mol. The zero-order chi connectivity index (χ0) is 43.7. The van der Waals surface area contributed by atoms with Gasteiger partial charge in [-0.1, -0.05) is 73.7 Å². The van der Waals surface area contributed by atoms with E-state index in [1.54, 1.807) is 17.8 Å². The number of unbranched alkanes of at least 4 members (excludes halogenated alkanes) is 2. The molecule has 322 valence electrons. The van der Waals surface area contributed by atoms with Gasteiger partial charge < -0.3 is 4.90 Å². The van der Waals surface area contributed by atoms with Gasteiger partial charge in [-0.15, -0.1) is 0 Å². The normalized spacial score (nSPS) is 19.2. The van der Waals surface area contributed by atoms with E-state index in [1.807, 2.05) is 32.0 Å². The Bertz CT molecular complexity index is 2640. The molecule has 0 saturated carbocycles. The van der Waals surface area contributed by atoms with Crippen LogP contribution in [-0.4, -0.2) is 73.8 Å². The number of nitrogens with zero attached hydrogens (tertiary/aromatic N) is 2. The van der Waals surface area contributed by atoms with E-state index < -0.39 is 35.8 Å². The fourth-order valence-electron chi connectivity index (χ4n) is 8.51. The van der Waals surface area contributed by atoms with Gasteiger partial charge in [0.2, 0.25) is 5.69 Å². The number of fused-ring (bicyclic) bond motifs is 2. The second-order valence-corrected chi connectivity index (χ2v) is 22.4. The van der Waals surface area contributed by atoms with Crippen LogP contribution in [0.25, 0.3) is 0 Å². The highest BCUT2D eigenvalue weighted by Gasteiger charge is 2.45. The number of hydrogen-bond donors (Lipinski definition) is 3. The Morgan fingerprint density at radius 3 is 2.10 bits per heavy atom. The topological polar surface area (TPSA) is 169 Å². The van der Waals surface area contributed by atoms with Crippen molar-refractivity contribution >= 4 is 59.2 Å². The van der Waals surface area contributed by atoms with Crippen LogP contribution in [0.3, 0.4) is 0 Å². The maximum atomic E-state index is 12.2. The quantitative estimate of drug-likeness (QED) is 0.0712. The molecule has 6 rings (SSSR count). The molecule has 0 amide bonds. The third-order valence-electron chi connectivity index (χ3n) is 11.6. The summed E-state index contributed by atoms with van der Waals surface area (Å²) in [6.45, 7) is 11.5. The van der Waals surface area contributed by atoms with E-state index in [-0.39, 0.29) is 28.2 Å². The van der Waals surface area contributed by atoms with Gasteiger partial charge in [0.1, 0.15) is 6.54 Å². The van der Waals surface area contributed by atoms with Crippen molar-refractivity contribution < 1.29 is 43.5 Å². The summed E-state index contributed by atoms with van der Waals surface area (Å²) in [5.74, 6) is -0.647. The highest BCUT2D eigenvalue weighted by atomic mass is 32.2. The number of rotatable bonds is 16. The zero-order valence-electron chi connectivity index (χ0n) is 34.8. The van der Waals surface area contributed by atoms with Gasteiger partial charge in [0.15, 0.2) is 5.71 Å². The summed E-state index contributed by atoms with van der Waals surface area (Å²) in [6.07, 6.45) is 12.8. The summed E-state index contributed by atoms with van der Waals surface area (Å²) in [4.78, 5) is 4.29. The first-order valence-corrected chi connectivity index (χ1v) is 25.7. The van der Waals surface area contributed by atoms with Gasteiger partial charge in [-0.05, 0) is 112 Å². The third kappa shape index (κ3) is 10.6. The molecule has 1 aliphatic carbocycles. The number of benzene rings is 3. The van der Waals surface area contributed by atoms with Crippen LogP contribution in [0.5, 0.6) is 0 Å². The van der Waals surface area contributed by atoms with Crippen LogP contribution in [0, 0.1) is 6.92 Å². The Balaban J connectivity index is 1.43. The molecule has 11 nitrogen and oxygen atoms in total. The van der Waals surface area contributed by atoms with E-state index >= 15 is 0 Å². The number of allylic oxidation sites excluding steroid dienone is 7. The lowest BCUT2D eigenvalue weighted by Gasteiger charge is -2.27. The summed E-state index contributed by atoms with van der Waals surface area (Å²) >= 11 is 1.71. The van der Waals surface area contributed by atoms with Crippen molar-refractivity contribution in [1.82, 2.24) is 0 Å². The van der Waals surface area contributed by atoms with Crippen LogP contribution < -0.4 is 4.90 Å². The second-order valence-electron chi connectivity index (χ2n) is 16.8. The van der Waals surface area contributed by atoms with Crippen molar-refractivity contribution in [3.8, 4) is 0 Å². The van der Waals surface area contributed by atoms with Crippen molar-refractivity contribution in [3.63, 3.8) is 0 Å². The summed E-state index contributed by atoms with van der Waals surface area (Å²) in [5, 5.41) is 0. The van der Waals surface area contributed by atoms with Crippen molar-refractivity contribution in [3.05, 3.63) is 129 Å². The molecular weight excluding hydrogens is 841 g/mol. The minimum Gasteiger partial charge on any atom is -0.344 e. The van der Waals surface area contributed by atoms with Crippen LogP contribution in [-0.2, 0) is 41.2 Å². The van der Waals surface area contributed by atoms with E-state index in [9.17, 15) is 38.9 Å². The first kappa shape index (κ1) is 45.7. The van der Waals surface area contributed by atoms with Crippen molar-refractivity contribution in [2.75, 3.05) is 29.5 Å². The molecule has 60 heavy (non-hydrogen) atoms. The lowest BCUT2D eigenvalue weighted by Crippen LogP contribution is -2.28. The minimum absolute atomic E-state index is 0.202. The molecule has 3 aromatic rings. The molecule has 0 saturated heterocycles.